The van der Waals surface area contributed by atoms with Gasteiger partial charge in [-0.1, -0.05) is 23.7 Å². The molecule has 0 aromatic heterocycles. The van der Waals surface area contributed by atoms with Crippen LogP contribution in [0.1, 0.15) is 0 Å². The van der Waals surface area contributed by atoms with Gasteiger partial charge in [0.05, 0.1) is 18.2 Å². The average Bonchev–Trinajstić information content (AvgIpc) is 2.28. The van der Waals surface area contributed by atoms with Crippen LogP contribution in [0.5, 0.6) is 0 Å². The van der Waals surface area contributed by atoms with Crippen LogP contribution in [0.2, 0.25) is 5.02 Å². The number of aliphatic hydroxyl groups is 3. The Balaban J connectivity index is 0.000000366. The monoisotopic (exact) mass is 284 g/mol. The van der Waals surface area contributed by atoms with Crippen LogP contribution in [0.3, 0.4) is 0 Å². The molecule has 0 aliphatic carbocycles. The lowest BCUT2D eigenvalue weighted by molar-refractivity contribution is 0.0450. The molecule has 4 N–H and O–H groups in total. The second-order valence-electron chi connectivity index (χ2n) is 2.92. The van der Waals surface area contributed by atoms with Crippen molar-refractivity contribution < 1.29 is 28.3 Å². The molecule has 0 amide bonds. The molecule has 1 aromatic carbocycles. The third kappa shape index (κ3) is 6.57. The first kappa shape index (κ1) is 16.3. The smallest absolute Gasteiger partial charge is 0.296 e. The lowest BCUT2D eigenvalue weighted by atomic mass is 10.4. The van der Waals surface area contributed by atoms with E-state index in [1.165, 1.54) is 18.2 Å². The van der Waals surface area contributed by atoms with Gasteiger partial charge in [-0.3, -0.25) is 4.55 Å². The minimum Gasteiger partial charge on any atom is -0.394 e. The predicted molar refractivity (Wildman–Crippen MR) is 61.4 cm³/mol. The van der Waals surface area contributed by atoms with Crippen LogP contribution in [0.15, 0.2) is 29.2 Å². The molecule has 0 spiro atoms. The fourth-order valence-electron chi connectivity index (χ4n) is 0.712. The third-order valence-corrected chi connectivity index (χ3v) is 2.89. The molecule has 0 fully saturated rings. The fraction of sp³-hybridized carbons (Fsp3) is 0.333. The van der Waals surface area contributed by atoms with Crippen molar-refractivity contribution in [3.63, 3.8) is 0 Å². The highest BCUT2D eigenvalue weighted by Crippen LogP contribution is 2.19. The Labute approximate surface area is 104 Å². The first-order valence-electron chi connectivity index (χ1n) is 4.44. The van der Waals surface area contributed by atoms with Gasteiger partial charge in [0.15, 0.2) is 0 Å². The van der Waals surface area contributed by atoms with Crippen molar-refractivity contribution in [2.24, 2.45) is 0 Å². The zero-order chi connectivity index (χ0) is 13.5. The number of hydrogen-bond donors (Lipinski definition) is 4. The molecule has 0 radical (unpaired) electrons. The molecule has 6 nitrogen and oxygen atoms in total. The Kier molecular flexibility index (Phi) is 7.28. The number of hydrogen-bond acceptors (Lipinski definition) is 5. The first-order chi connectivity index (χ1) is 7.82. The Bertz CT molecular complexity index is 429. The van der Waals surface area contributed by atoms with Gasteiger partial charge < -0.3 is 15.3 Å². The van der Waals surface area contributed by atoms with E-state index in [4.69, 9.17) is 31.5 Å². The van der Waals surface area contributed by atoms with Gasteiger partial charge in [0.25, 0.3) is 10.1 Å². The topological polar surface area (TPSA) is 115 Å². The SMILES string of the molecule is O=S(=O)(O)c1ccccc1Cl.OCC(O)CO. The summed E-state index contributed by atoms with van der Waals surface area (Å²) in [6.45, 7) is -0.729. The van der Waals surface area contributed by atoms with Gasteiger partial charge in [-0.2, -0.15) is 8.42 Å². The lowest BCUT2D eigenvalue weighted by Crippen LogP contribution is -2.15. The summed E-state index contributed by atoms with van der Waals surface area (Å²) < 4.78 is 29.6. The van der Waals surface area contributed by atoms with Gasteiger partial charge in [0.1, 0.15) is 11.0 Å². The second kappa shape index (κ2) is 7.59. The van der Waals surface area contributed by atoms with Crippen molar-refractivity contribution in [1.82, 2.24) is 0 Å². The highest BCUT2D eigenvalue weighted by atomic mass is 35.5. The Hall–Kier alpha value is -0.700. The van der Waals surface area contributed by atoms with Gasteiger partial charge in [-0.25, -0.2) is 0 Å². The van der Waals surface area contributed by atoms with E-state index in [1.807, 2.05) is 0 Å². The predicted octanol–water partition coefficient (Wildman–Crippen LogP) is -0.0814. The standard InChI is InChI=1S/C6H5ClO3S.C3H8O3/c7-5-3-1-2-4-6(5)11(8,9)10;4-1-3(6)2-5/h1-4H,(H,8,9,10);3-6H,1-2H2. The normalized spacial score (nSPS) is 10.9. The number of aliphatic hydroxyl groups excluding tert-OH is 3. The molecule has 0 atom stereocenters. The quantitative estimate of drug-likeness (QED) is 0.577. The fourth-order valence-corrected chi connectivity index (χ4v) is 1.70. The summed E-state index contributed by atoms with van der Waals surface area (Å²) in [6.07, 6.45) is -0.954. The summed E-state index contributed by atoms with van der Waals surface area (Å²) >= 11 is 5.47. The van der Waals surface area contributed by atoms with Gasteiger partial charge in [0, 0.05) is 0 Å². The summed E-state index contributed by atoms with van der Waals surface area (Å²) in [4.78, 5) is -0.262. The van der Waals surface area contributed by atoms with Gasteiger partial charge in [-0.15, -0.1) is 0 Å². The van der Waals surface area contributed by atoms with Crippen molar-refractivity contribution in [2.45, 2.75) is 11.0 Å². The Morgan fingerprint density at radius 1 is 1.18 bits per heavy atom. The van der Waals surface area contributed by atoms with E-state index >= 15 is 0 Å². The maximum Gasteiger partial charge on any atom is 0.296 e. The number of benzene rings is 1. The van der Waals surface area contributed by atoms with Gasteiger partial charge in [0.2, 0.25) is 0 Å². The molecule has 0 heterocycles. The summed E-state index contributed by atoms with van der Waals surface area (Å²) in [6, 6.07) is 5.69. The van der Waals surface area contributed by atoms with E-state index in [9.17, 15) is 8.42 Å². The average molecular weight is 285 g/mol. The third-order valence-electron chi connectivity index (χ3n) is 1.54. The van der Waals surface area contributed by atoms with Crippen LogP contribution in [-0.2, 0) is 10.1 Å². The van der Waals surface area contributed by atoms with Gasteiger partial charge >= 0.3 is 0 Å². The van der Waals surface area contributed by atoms with Crippen molar-refractivity contribution in [3.8, 4) is 0 Å². The molecular formula is C9H13ClO6S. The molecular weight excluding hydrogens is 272 g/mol. The van der Waals surface area contributed by atoms with Crippen LogP contribution >= 0.6 is 11.6 Å². The number of halogens is 1. The molecule has 1 rings (SSSR count). The summed E-state index contributed by atoms with van der Waals surface area (Å²) in [5.41, 5.74) is 0. The Morgan fingerprint density at radius 3 is 1.88 bits per heavy atom. The molecule has 8 heteroatoms. The van der Waals surface area contributed by atoms with Crippen LogP contribution < -0.4 is 0 Å². The summed E-state index contributed by atoms with van der Waals surface area (Å²) in [5, 5.41) is 24.0. The van der Waals surface area contributed by atoms with Crippen molar-refractivity contribution in [2.75, 3.05) is 13.2 Å². The second-order valence-corrected chi connectivity index (χ2v) is 4.72. The van der Waals surface area contributed by atoms with E-state index < -0.39 is 16.2 Å². The zero-order valence-electron chi connectivity index (χ0n) is 8.69. The molecule has 17 heavy (non-hydrogen) atoms. The molecule has 1 aromatic rings. The minimum absolute atomic E-state index is 0.0231. The maximum absolute atomic E-state index is 10.5. The van der Waals surface area contributed by atoms with E-state index in [0.29, 0.717) is 0 Å². The molecule has 0 saturated heterocycles. The highest BCUT2D eigenvalue weighted by molar-refractivity contribution is 7.86. The van der Waals surface area contributed by atoms with E-state index in [1.54, 1.807) is 6.07 Å². The minimum atomic E-state index is -4.17. The van der Waals surface area contributed by atoms with E-state index in [0.717, 1.165) is 0 Å². The molecule has 0 bridgehead atoms. The highest BCUT2D eigenvalue weighted by Gasteiger charge is 2.12. The molecule has 0 saturated carbocycles. The molecule has 0 aliphatic heterocycles. The molecule has 98 valence electrons. The van der Waals surface area contributed by atoms with Crippen molar-refractivity contribution >= 4 is 21.7 Å². The summed E-state index contributed by atoms with van der Waals surface area (Å²) in [5.74, 6) is 0. The van der Waals surface area contributed by atoms with Gasteiger partial charge in [-0.05, 0) is 12.1 Å². The van der Waals surface area contributed by atoms with Crippen LogP contribution in [0.4, 0.5) is 0 Å². The van der Waals surface area contributed by atoms with E-state index in [2.05, 4.69) is 0 Å². The largest absolute Gasteiger partial charge is 0.394 e. The van der Waals surface area contributed by atoms with Crippen LogP contribution in [0.25, 0.3) is 0 Å². The molecule has 0 aliphatic rings. The van der Waals surface area contributed by atoms with Crippen LogP contribution in [0, 0.1) is 0 Å². The molecule has 0 unspecified atom stereocenters. The Morgan fingerprint density at radius 2 is 1.65 bits per heavy atom. The lowest BCUT2D eigenvalue weighted by Gasteiger charge is -1.97. The van der Waals surface area contributed by atoms with Crippen molar-refractivity contribution in [1.29, 1.82) is 0 Å². The van der Waals surface area contributed by atoms with E-state index in [-0.39, 0.29) is 23.1 Å². The maximum atomic E-state index is 10.5. The number of rotatable bonds is 3. The zero-order valence-corrected chi connectivity index (χ0v) is 10.3. The summed E-state index contributed by atoms with van der Waals surface area (Å²) in [7, 11) is -4.17. The first-order valence-corrected chi connectivity index (χ1v) is 6.26. The van der Waals surface area contributed by atoms with Crippen LogP contribution in [-0.4, -0.2) is 47.6 Å². The van der Waals surface area contributed by atoms with Crippen molar-refractivity contribution in [3.05, 3.63) is 29.3 Å².